The number of likely N-dealkylation sites (tertiary alicyclic amines) is 1. The average molecular weight is 707 g/mol. The molecule has 0 radical (unpaired) electrons. The van der Waals surface area contributed by atoms with Gasteiger partial charge in [-0.25, -0.2) is 5.90 Å². The molecular formula is C37H66N6O7. The van der Waals surface area contributed by atoms with Gasteiger partial charge in [0.05, 0.1) is 36.6 Å². The van der Waals surface area contributed by atoms with Gasteiger partial charge in [-0.15, -0.1) is 0 Å². The second-order valence-electron chi connectivity index (χ2n) is 14.0. The quantitative estimate of drug-likeness (QED) is 0.0873. The number of nitrogens with two attached hydrogens (primary N) is 1. The highest BCUT2D eigenvalue weighted by Gasteiger charge is 2.43. The third-order valence-electron chi connectivity index (χ3n) is 9.86. The van der Waals surface area contributed by atoms with Crippen molar-refractivity contribution in [2.24, 2.45) is 34.6 Å². The number of aliphatic imine (C=N–C) groups is 1. The lowest BCUT2D eigenvalue weighted by Gasteiger charge is -2.41. The van der Waals surface area contributed by atoms with Crippen LogP contribution < -0.4 is 16.5 Å². The molecule has 0 bridgehead atoms. The summed E-state index contributed by atoms with van der Waals surface area (Å²) in [7, 11) is 4.81. The van der Waals surface area contributed by atoms with Crippen LogP contribution in [0.4, 0.5) is 0 Å². The van der Waals surface area contributed by atoms with Crippen LogP contribution in [-0.4, -0.2) is 111 Å². The standard InChI is InChI=1S/C37H66N6O7/c1-13-15-17-27(39-9)19-20-40-35(45)26(8)34(49-12)28-18-16-21-43(28)30(44)22-29(48-11)32(25(7)14-2)42(10)37(47)31(23(3)4)41-36(46)33(50-38)24(5)6/h13,15,17,23-26,28-29,31-34H,9,14,16,18-22,38H2,1-8,10-12H3,(H,40,45)(H,41,46)/b15-13-,27-17-/t25-,26+,28-,29+,31-,32-,33-,34+/m0/s1. The fourth-order valence-electron chi connectivity index (χ4n) is 6.69. The molecular weight excluding hydrogens is 640 g/mol. The van der Waals surface area contributed by atoms with Crippen LogP contribution in [0.5, 0.6) is 0 Å². The first kappa shape index (κ1) is 44.9. The first-order valence-corrected chi connectivity index (χ1v) is 18.0. The number of methoxy groups -OCH3 is 2. The van der Waals surface area contributed by atoms with Crippen molar-refractivity contribution >= 4 is 30.3 Å². The second kappa shape index (κ2) is 22.6. The smallest absolute Gasteiger partial charge is 0.252 e. The van der Waals surface area contributed by atoms with E-state index in [2.05, 4.69) is 22.3 Å². The van der Waals surface area contributed by atoms with E-state index < -0.39 is 42.2 Å². The number of allylic oxidation sites excluding steroid dienone is 3. The number of hydrogen-bond acceptors (Lipinski definition) is 9. The Kier molecular flexibility index (Phi) is 20.3. The first-order chi connectivity index (χ1) is 23.6. The van der Waals surface area contributed by atoms with E-state index in [-0.39, 0.29) is 47.9 Å². The Bertz CT molecular complexity index is 1160. The van der Waals surface area contributed by atoms with Crippen molar-refractivity contribution in [3.8, 4) is 0 Å². The molecule has 286 valence electrons. The number of nitrogens with one attached hydrogen (secondary N) is 2. The number of nitrogens with zero attached hydrogens (tertiary/aromatic N) is 3. The zero-order chi connectivity index (χ0) is 38.1. The molecule has 50 heavy (non-hydrogen) atoms. The molecule has 0 spiro atoms. The predicted octanol–water partition coefficient (Wildman–Crippen LogP) is 3.63. The predicted molar refractivity (Wildman–Crippen MR) is 197 cm³/mol. The van der Waals surface area contributed by atoms with Gasteiger partial charge in [0.15, 0.2) is 6.10 Å². The van der Waals surface area contributed by atoms with E-state index in [0.29, 0.717) is 25.9 Å². The molecule has 1 saturated heterocycles. The molecule has 1 heterocycles. The van der Waals surface area contributed by atoms with E-state index in [1.165, 1.54) is 0 Å². The van der Waals surface area contributed by atoms with Gasteiger partial charge in [-0.1, -0.05) is 67.0 Å². The number of carbonyl (C=O) groups is 4. The lowest BCUT2D eigenvalue weighted by Crippen LogP contribution is -2.59. The van der Waals surface area contributed by atoms with E-state index in [1.807, 2.05) is 73.6 Å². The van der Waals surface area contributed by atoms with Gasteiger partial charge in [0, 0.05) is 46.5 Å². The highest BCUT2D eigenvalue weighted by Crippen LogP contribution is 2.29. The van der Waals surface area contributed by atoms with Crippen LogP contribution in [0, 0.1) is 23.7 Å². The zero-order valence-corrected chi connectivity index (χ0v) is 32.4. The molecule has 1 aliphatic rings. The number of carbonyl (C=O) groups excluding carboxylic acids is 4. The van der Waals surface area contributed by atoms with Crippen molar-refractivity contribution in [2.75, 3.05) is 34.4 Å². The number of hydrogen-bond donors (Lipinski definition) is 3. The van der Waals surface area contributed by atoms with Crippen LogP contribution in [-0.2, 0) is 33.5 Å². The Morgan fingerprint density at radius 2 is 1.72 bits per heavy atom. The fourth-order valence-corrected chi connectivity index (χ4v) is 6.69. The lowest BCUT2D eigenvalue weighted by molar-refractivity contribution is -0.149. The molecule has 0 saturated carbocycles. The average Bonchev–Trinajstić information content (AvgIpc) is 3.57. The number of amides is 4. The molecule has 1 rings (SSSR count). The molecule has 13 nitrogen and oxygen atoms in total. The molecule has 4 N–H and O–H groups in total. The van der Waals surface area contributed by atoms with Crippen LogP contribution in [0.1, 0.15) is 87.5 Å². The molecule has 1 fully saturated rings. The van der Waals surface area contributed by atoms with Crippen molar-refractivity contribution in [1.29, 1.82) is 0 Å². The SMILES string of the molecule is C=N/C(=C\C=C/C)CCNC(=O)[C@H](C)[C@@H](OC)[C@@H]1CCCN1C(=O)C[C@@H](OC)[C@H]([C@@H](C)CC)N(C)C(=O)[C@@H](NC(=O)[C@@H](ON)C(C)C)C(C)C. The minimum absolute atomic E-state index is 0.0294. The lowest BCUT2D eigenvalue weighted by atomic mass is 9.89. The van der Waals surface area contributed by atoms with Crippen LogP contribution in [0.2, 0.25) is 0 Å². The maximum atomic E-state index is 14.0. The maximum absolute atomic E-state index is 14.0. The normalized spacial score (nSPS) is 19.5. The third-order valence-corrected chi connectivity index (χ3v) is 9.86. The number of ether oxygens (including phenoxy) is 2. The third kappa shape index (κ3) is 12.6. The van der Waals surface area contributed by atoms with E-state index in [9.17, 15) is 19.2 Å². The summed E-state index contributed by atoms with van der Waals surface area (Å²) in [5.74, 6) is 3.37. The summed E-state index contributed by atoms with van der Waals surface area (Å²) in [5, 5.41) is 5.82. The Labute approximate surface area is 300 Å². The Balaban J connectivity index is 3.17. The van der Waals surface area contributed by atoms with Crippen LogP contribution >= 0.6 is 0 Å². The Morgan fingerprint density at radius 3 is 2.22 bits per heavy atom. The highest BCUT2D eigenvalue weighted by molar-refractivity contribution is 5.90. The van der Waals surface area contributed by atoms with Crippen molar-refractivity contribution in [1.82, 2.24) is 20.4 Å². The largest absolute Gasteiger partial charge is 0.379 e. The molecule has 0 unspecified atom stereocenters. The summed E-state index contributed by atoms with van der Waals surface area (Å²) in [6.45, 7) is 19.7. The zero-order valence-electron chi connectivity index (χ0n) is 32.4. The molecule has 13 heteroatoms. The van der Waals surface area contributed by atoms with Gasteiger partial charge >= 0.3 is 0 Å². The van der Waals surface area contributed by atoms with Crippen LogP contribution in [0.25, 0.3) is 0 Å². The summed E-state index contributed by atoms with van der Waals surface area (Å²) in [6.07, 6.45) is 6.34. The summed E-state index contributed by atoms with van der Waals surface area (Å²) in [6, 6.07) is -1.61. The summed E-state index contributed by atoms with van der Waals surface area (Å²) in [4.78, 5) is 66.6. The monoisotopic (exact) mass is 706 g/mol. The molecule has 0 aliphatic carbocycles. The van der Waals surface area contributed by atoms with Gasteiger partial charge in [0.1, 0.15) is 6.04 Å². The number of rotatable bonds is 22. The van der Waals surface area contributed by atoms with E-state index in [0.717, 1.165) is 18.5 Å². The van der Waals surface area contributed by atoms with Gasteiger partial charge in [0.25, 0.3) is 5.91 Å². The first-order valence-electron chi connectivity index (χ1n) is 18.0. The van der Waals surface area contributed by atoms with Crippen molar-refractivity contribution in [2.45, 2.75) is 124 Å². The van der Waals surface area contributed by atoms with Crippen molar-refractivity contribution in [3.05, 3.63) is 23.9 Å². The summed E-state index contributed by atoms with van der Waals surface area (Å²) >= 11 is 0. The minimum Gasteiger partial charge on any atom is -0.379 e. The molecule has 4 amide bonds. The molecule has 1 aliphatic heterocycles. The topological polar surface area (TPSA) is 165 Å². The number of likely N-dealkylation sites (N-methyl/N-ethyl adjacent to an activating group) is 1. The maximum Gasteiger partial charge on any atom is 0.252 e. The molecule has 0 aromatic rings. The van der Waals surface area contributed by atoms with Gasteiger partial charge in [-0.05, 0) is 50.3 Å². The van der Waals surface area contributed by atoms with E-state index in [4.69, 9.17) is 20.2 Å². The van der Waals surface area contributed by atoms with Gasteiger partial charge in [0.2, 0.25) is 17.7 Å². The second-order valence-corrected chi connectivity index (χ2v) is 14.0. The van der Waals surface area contributed by atoms with Gasteiger partial charge in [-0.2, -0.15) is 0 Å². The van der Waals surface area contributed by atoms with E-state index in [1.54, 1.807) is 31.1 Å². The van der Waals surface area contributed by atoms with Gasteiger partial charge in [-0.3, -0.25) is 29.0 Å². The Hall–Kier alpha value is -3.13. The van der Waals surface area contributed by atoms with E-state index >= 15 is 0 Å². The Morgan fingerprint density at radius 1 is 1.06 bits per heavy atom. The minimum atomic E-state index is -0.907. The van der Waals surface area contributed by atoms with Crippen molar-refractivity contribution < 1.29 is 33.5 Å². The van der Waals surface area contributed by atoms with Crippen LogP contribution in [0.3, 0.4) is 0 Å². The summed E-state index contributed by atoms with van der Waals surface area (Å²) < 4.78 is 11.9. The van der Waals surface area contributed by atoms with Crippen LogP contribution in [0.15, 0.2) is 28.9 Å². The molecule has 0 aromatic heterocycles. The molecule has 8 atom stereocenters. The molecule has 0 aromatic carbocycles. The van der Waals surface area contributed by atoms with Crippen molar-refractivity contribution in [3.63, 3.8) is 0 Å². The van der Waals surface area contributed by atoms with Gasteiger partial charge < -0.3 is 29.9 Å². The fraction of sp³-hybridized carbons (Fsp3) is 0.757. The summed E-state index contributed by atoms with van der Waals surface area (Å²) in [5.41, 5.74) is 0.771. The highest BCUT2D eigenvalue weighted by atomic mass is 16.6.